The van der Waals surface area contributed by atoms with Crippen molar-refractivity contribution in [2.45, 2.75) is 19.9 Å². The van der Waals surface area contributed by atoms with Gasteiger partial charge in [-0.15, -0.1) is 0 Å². The molecule has 0 spiro atoms. The Balaban J connectivity index is 2.40. The molecule has 17 heavy (non-hydrogen) atoms. The highest BCUT2D eigenvalue weighted by Gasteiger charge is 2.09. The molecule has 1 rings (SSSR count). The van der Waals surface area contributed by atoms with Crippen LogP contribution in [0.1, 0.15) is 19.0 Å². The molecule has 1 aromatic heterocycles. The molecule has 5 nitrogen and oxygen atoms in total. The molecule has 0 aliphatic rings. The van der Waals surface area contributed by atoms with E-state index >= 15 is 0 Å². The summed E-state index contributed by atoms with van der Waals surface area (Å²) < 4.78 is 28.1. The number of hydrogen-bond donors (Lipinski definition) is 1. The topological polar surface area (TPSA) is 82.3 Å². The molecule has 0 fully saturated rings. The molecule has 0 radical (unpaired) electrons. The molecule has 0 amide bonds. The molecule has 0 saturated heterocycles. The van der Waals surface area contributed by atoms with E-state index in [-0.39, 0.29) is 18.1 Å². The van der Waals surface area contributed by atoms with E-state index in [2.05, 4.69) is 4.98 Å². The van der Waals surface area contributed by atoms with Gasteiger partial charge in [0.1, 0.15) is 12.4 Å². The molecule has 1 aromatic rings. The predicted molar refractivity (Wildman–Crippen MR) is 66.6 cm³/mol. The van der Waals surface area contributed by atoms with E-state index in [0.717, 1.165) is 5.69 Å². The molecule has 6 heteroatoms. The first-order valence-corrected chi connectivity index (χ1v) is 7.37. The molecule has 0 unspecified atom stereocenters. The van der Waals surface area contributed by atoms with Crippen molar-refractivity contribution >= 4 is 9.84 Å². The van der Waals surface area contributed by atoms with Gasteiger partial charge in [0.05, 0.1) is 23.4 Å². The summed E-state index contributed by atoms with van der Waals surface area (Å²) in [4.78, 5) is 4.05. The second kappa shape index (κ2) is 6.56. The van der Waals surface area contributed by atoms with Crippen molar-refractivity contribution in [3.8, 4) is 5.75 Å². The summed E-state index contributed by atoms with van der Waals surface area (Å²) in [6.45, 7) is 2.38. The van der Waals surface area contributed by atoms with Crippen LogP contribution in [0.4, 0.5) is 0 Å². The highest BCUT2D eigenvalue weighted by atomic mass is 32.2. The first-order valence-electron chi connectivity index (χ1n) is 5.55. The molecular weight excluding hydrogens is 240 g/mol. The Bertz CT molecular complexity index is 429. The van der Waals surface area contributed by atoms with Crippen molar-refractivity contribution in [3.63, 3.8) is 0 Å². The number of nitrogens with two attached hydrogens (primary N) is 1. The molecule has 96 valence electrons. The quantitative estimate of drug-likeness (QED) is 0.780. The van der Waals surface area contributed by atoms with Crippen LogP contribution in [-0.4, -0.2) is 31.5 Å². The van der Waals surface area contributed by atoms with E-state index in [1.54, 1.807) is 18.3 Å². The van der Waals surface area contributed by atoms with Gasteiger partial charge in [-0.1, -0.05) is 6.92 Å². The summed E-state index contributed by atoms with van der Waals surface area (Å²) in [6, 6.07) is 3.50. The van der Waals surface area contributed by atoms with Crippen molar-refractivity contribution in [1.29, 1.82) is 0 Å². The maximum Gasteiger partial charge on any atom is 0.153 e. The number of pyridine rings is 1. The Morgan fingerprint density at radius 3 is 2.65 bits per heavy atom. The summed E-state index contributed by atoms with van der Waals surface area (Å²) in [7, 11) is -2.98. The SMILES string of the molecule is CCCS(=O)(=O)CCOc1ccc(CN)nc1. The maximum absolute atomic E-state index is 11.4. The minimum atomic E-state index is -2.98. The fraction of sp³-hybridized carbons (Fsp3) is 0.545. The molecule has 0 aliphatic carbocycles. The molecular formula is C11H18N2O3S. The Morgan fingerprint density at radius 1 is 1.35 bits per heavy atom. The monoisotopic (exact) mass is 258 g/mol. The van der Waals surface area contributed by atoms with E-state index in [9.17, 15) is 8.42 Å². The van der Waals surface area contributed by atoms with Crippen molar-refractivity contribution in [3.05, 3.63) is 24.0 Å². The first-order chi connectivity index (χ1) is 8.07. The van der Waals surface area contributed by atoms with Crippen LogP contribution in [0.3, 0.4) is 0 Å². The molecule has 2 N–H and O–H groups in total. The lowest BCUT2D eigenvalue weighted by atomic mass is 10.3. The zero-order valence-corrected chi connectivity index (χ0v) is 10.7. The van der Waals surface area contributed by atoms with Gasteiger partial charge >= 0.3 is 0 Å². The number of hydrogen-bond acceptors (Lipinski definition) is 5. The van der Waals surface area contributed by atoms with Crippen LogP contribution < -0.4 is 10.5 Å². The second-order valence-corrected chi connectivity index (χ2v) is 5.99. The van der Waals surface area contributed by atoms with Gasteiger partial charge in [0.15, 0.2) is 9.84 Å². The van der Waals surface area contributed by atoms with Crippen LogP contribution in [0, 0.1) is 0 Å². The Labute approximate surface area is 102 Å². The molecule has 0 aromatic carbocycles. The Kier molecular flexibility index (Phi) is 5.37. The number of ether oxygens (including phenoxy) is 1. The second-order valence-electron chi connectivity index (χ2n) is 3.69. The van der Waals surface area contributed by atoms with Crippen molar-refractivity contribution in [2.75, 3.05) is 18.1 Å². The van der Waals surface area contributed by atoms with Crippen LogP contribution in [0.2, 0.25) is 0 Å². The lowest BCUT2D eigenvalue weighted by molar-refractivity contribution is 0.339. The van der Waals surface area contributed by atoms with Gasteiger partial charge in [-0.05, 0) is 18.6 Å². The van der Waals surface area contributed by atoms with E-state index in [0.29, 0.717) is 18.7 Å². The van der Waals surface area contributed by atoms with Gasteiger partial charge in [0.25, 0.3) is 0 Å². The Hall–Kier alpha value is -1.14. The predicted octanol–water partition coefficient (Wildman–Crippen LogP) is 0.744. The standard InChI is InChI=1S/C11H18N2O3S/c1-2-6-17(14,15)7-5-16-11-4-3-10(8-12)13-9-11/h3-4,9H,2,5-8,12H2,1H3. The fourth-order valence-electron chi connectivity index (χ4n) is 1.32. The third kappa shape index (κ3) is 5.14. The molecule has 0 atom stereocenters. The lowest BCUT2D eigenvalue weighted by Crippen LogP contribution is -2.16. The highest BCUT2D eigenvalue weighted by Crippen LogP contribution is 2.09. The third-order valence-corrected chi connectivity index (χ3v) is 4.00. The number of sulfone groups is 1. The summed E-state index contributed by atoms with van der Waals surface area (Å²) in [5.41, 5.74) is 6.18. The van der Waals surface area contributed by atoms with Crippen molar-refractivity contribution in [2.24, 2.45) is 5.73 Å². The van der Waals surface area contributed by atoms with Crippen LogP contribution in [0.15, 0.2) is 18.3 Å². The minimum absolute atomic E-state index is 0.0412. The van der Waals surface area contributed by atoms with Gasteiger partial charge < -0.3 is 10.5 Å². The van der Waals surface area contributed by atoms with E-state index in [1.807, 2.05) is 6.92 Å². The summed E-state index contributed by atoms with van der Waals surface area (Å²) in [6.07, 6.45) is 2.18. The van der Waals surface area contributed by atoms with Crippen LogP contribution in [-0.2, 0) is 16.4 Å². The largest absolute Gasteiger partial charge is 0.491 e. The van der Waals surface area contributed by atoms with Gasteiger partial charge in [0, 0.05) is 6.54 Å². The zero-order chi connectivity index (χ0) is 12.7. The van der Waals surface area contributed by atoms with Crippen LogP contribution in [0.5, 0.6) is 5.75 Å². The minimum Gasteiger partial charge on any atom is -0.491 e. The lowest BCUT2D eigenvalue weighted by Gasteiger charge is -2.06. The van der Waals surface area contributed by atoms with Crippen molar-refractivity contribution in [1.82, 2.24) is 4.98 Å². The van der Waals surface area contributed by atoms with Crippen LogP contribution in [0.25, 0.3) is 0 Å². The van der Waals surface area contributed by atoms with Gasteiger partial charge in [-0.25, -0.2) is 8.42 Å². The highest BCUT2D eigenvalue weighted by molar-refractivity contribution is 7.91. The maximum atomic E-state index is 11.4. The van der Waals surface area contributed by atoms with E-state index < -0.39 is 9.84 Å². The zero-order valence-electron chi connectivity index (χ0n) is 9.93. The summed E-state index contributed by atoms with van der Waals surface area (Å²) >= 11 is 0. The van der Waals surface area contributed by atoms with Gasteiger partial charge in [-0.3, -0.25) is 4.98 Å². The van der Waals surface area contributed by atoms with E-state index in [1.165, 1.54) is 0 Å². The summed E-state index contributed by atoms with van der Waals surface area (Å²) in [5.74, 6) is 0.814. The summed E-state index contributed by atoms with van der Waals surface area (Å²) in [5, 5.41) is 0. The number of rotatable bonds is 7. The molecule has 1 heterocycles. The van der Waals surface area contributed by atoms with Crippen molar-refractivity contribution < 1.29 is 13.2 Å². The molecule has 0 saturated carbocycles. The smallest absolute Gasteiger partial charge is 0.153 e. The number of aromatic nitrogens is 1. The molecule has 0 bridgehead atoms. The average Bonchev–Trinajstić information content (AvgIpc) is 2.29. The van der Waals surface area contributed by atoms with E-state index in [4.69, 9.17) is 10.5 Å². The molecule has 0 aliphatic heterocycles. The van der Waals surface area contributed by atoms with Gasteiger partial charge in [-0.2, -0.15) is 0 Å². The number of nitrogens with zero attached hydrogens (tertiary/aromatic N) is 1. The fourth-order valence-corrected chi connectivity index (χ4v) is 2.48. The average molecular weight is 258 g/mol. The first kappa shape index (κ1) is 13.9. The van der Waals surface area contributed by atoms with Crippen LogP contribution >= 0.6 is 0 Å². The third-order valence-electron chi connectivity index (χ3n) is 2.18. The normalized spacial score (nSPS) is 11.4. The Morgan fingerprint density at radius 2 is 2.12 bits per heavy atom. The van der Waals surface area contributed by atoms with Gasteiger partial charge in [0.2, 0.25) is 0 Å².